The number of carbonyl (C=O) groups is 1. The number of rotatable bonds is 6. The van der Waals surface area contributed by atoms with Crippen molar-refractivity contribution in [2.24, 2.45) is 0 Å². The molecular formula is C16H24N3O4+. The number of nitro benzene ring substituents is 1. The van der Waals surface area contributed by atoms with Crippen LogP contribution in [0.2, 0.25) is 0 Å². The fourth-order valence-corrected chi connectivity index (χ4v) is 2.79. The lowest BCUT2D eigenvalue weighted by atomic mass is 10.0. The van der Waals surface area contributed by atoms with Gasteiger partial charge in [0.15, 0.2) is 5.78 Å². The number of morpholine rings is 1. The van der Waals surface area contributed by atoms with Crippen molar-refractivity contribution in [3.05, 3.63) is 33.9 Å². The largest absolute Gasteiger partial charge is 0.373 e. The fourth-order valence-electron chi connectivity index (χ4n) is 2.79. The predicted octanol–water partition coefficient (Wildman–Crippen LogP) is 0.903. The van der Waals surface area contributed by atoms with Gasteiger partial charge in [0.25, 0.3) is 5.69 Å². The number of anilines is 1. The van der Waals surface area contributed by atoms with Crippen molar-refractivity contribution in [2.75, 3.05) is 38.2 Å². The van der Waals surface area contributed by atoms with Crippen LogP contribution in [-0.2, 0) is 4.74 Å². The van der Waals surface area contributed by atoms with E-state index in [9.17, 15) is 14.9 Å². The Morgan fingerprint density at radius 3 is 2.61 bits per heavy atom. The first-order valence-corrected chi connectivity index (χ1v) is 7.77. The van der Waals surface area contributed by atoms with E-state index in [0.29, 0.717) is 17.8 Å². The van der Waals surface area contributed by atoms with E-state index in [2.05, 4.69) is 19.2 Å². The third-order valence-corrected chi connectivity index (χ3v) is 4.38. The van der Waals surface area contributed by atoms with Gasteiger partial charge in [0.2, 0.25) is 0 Å². The molecule has 2 N–H and O–H groups in total. The molecule has 0 unspecified atom stereocenters. The molecule has 7 heteroatoms. The molecule has 0 aliphatic carbocycles. The van der Waals surface area contributed by atoms with Crippen LogP contribution >= 0.6 is 0 Å². The number of ether oxygens (including phenoxy) is 1. The first-order valence-electron chi connectivity index (χ1n) is 7.77. The fraction of sp³-hybridized carbons (Fsp3) is 0.562. The number of hydrogen-bond acceptors (Lipinski definition) is 5. The number of carbonyl (C=O) groups excluding carboxylic acids is 1. The highest BCUT2D eigenvalue weighted by atomic mass is 16.6. The SMILES string of the molecule is CC(=O)c1ccc(NCC(C)(C)[NH+]2CCOCC2)c([N+](=O)[O-])c1. The number of nitrogens with one attached hydrogen (secondary N) is 2. The lowest BCUT2D eigenvalue weighted by molar-refractivity contribution is -0.953. The number of nitro groups is 1. The molecule has 1 aromatic carbocycles. The van der Waals surface area contributed by atoms with Gasteiger partial charge in [-0.3, -0.25) is 14.9 Å². The molecule has 0 atom stereocenters. The summed E-state index contributed by atoms with van der Waals surface area (Å²) in [4.78, 5) is 23.6. The van der Waals surface area contributed by atoms with Gasteiger partial charge in [0.05, 0.1) is 24.7 Å². The highest BCUT2D eigenvalue weighted by molar-refractivity contribution is 5.95. The Morgan fingerprint density at radius 1 is 1.39 bits per heavy atom. The molecule has 0 amide bonds. The van der Waals surface area contributed by atoms with Gasteiger partial charge in [-0.25, -0.2) is 0 Å². The van der Waals surface area contributed by atoms with Crippen LogP contribution in [0.1, 0.15) is 31.1 Å². The summed E-state index contributed by atoms with van der Waals surface area (Å²) in [6.45, 7) is 9.62. The Labute approximate surface area is 135 Å². The molecule has 1 fully saturated rings. The van der Waals surface area contributed by atoms with Crippen LogP contribution in [0.25, 0.3) is 0 Å². The standard InChI is InChI=1S/C16H23N3O4/c1-12(20)13-4-5-14(15(10-13)19(21)22)17-11-16(2,3)18-6-8-23-9-7-18/h4-5,10,17H,6-9,11H2,1-3H3/p+1. The van der Waals surface area contributed by atoms with Crippen molar-refractivity contribution in [2.45, 2.75) is 26.3 Å². The van der Waals surface area contributed by atoms with E-state index in [1.807, 2.05) is 0 Å². The minimum Gasteiger partial charge on any atom is -0.373 e. The van der Waals surface area contributed by atoms with E-state index in [4.69, 9.17) is 4.74 Å². The van der Waals surface area contributed by atoms with Gasteiger partial charge in [-0.1, -0.05) is 0 Å². The van der Waals surface area contributed by atoms with Crippen LogP contribution in [0, 0.1) is 10.1 Å². The maximum absolute atomic E-state index is 11.4. The van der Waals surface area contributed by atoms with Crippen LogP contribution in [0.4, 0.5) is 11.4 Å². The third kappa shape index (κ3) is 4.27. The van der Waals surface area contributed by atoms with Gasteiger partial charge < -0.3 is 15.0 Å². The molecule has 0 bridgehead atoms. The maximum Gasteiger partial charge on any atom is 0.293 e. The Kier molecular flexibility index (Phi) is 5.33. The highest BCUT2D eigenvalue weighted by Crippen LogP contribution is 2.26. The van der Waals surface area contributed by atoms with Crippen LogP contribution in [0.15, 0.2) is 18.2 Å². The Morgan fingerprint density at radius 2 is 2.04 bits per heavy atom. The Hall–Kier alpha value is -1.99. The molecule has 126 valence electrons. The van der Waals surface area contributed by atoms with Gasteiger partial charge in [-0.05, 0) is 32.9 Å². The van der Waals surface area contributed by atoms with E-state index in [-0.39, 0.29) is 17.0 Å². The van der Waals surface area contributed by atoms with Gasteiger partial charge in [-0.2, -0.15) is 0 Å². The van der Waals surface area contributed by atoms with Crippen molar-refractivity contribution < 1.29 is 19.4 Å². The molecule has 1 aliphatic heterocycles. The molecule has 1 aromatic rings. The van der Waals surface area contributed by atoms with E-state index in [0.717, 1.165) is 26.3 Å². The number of hydrogen-bond donors (Lipinski definition) is 2. The van der Waals surface area contributed by atoms with Crippen molar-refractivity contribution in [1.29, 1.82) is 0 Å². The van der Waals surface area contributed by atoms with E-state index in [1.54, 1.807) is 12.1 Å². The summed E-state index contributed by atoms with van der Waals surface area (Å²) in [6, 6.07) is 4.56. The lowest BCUT2D eigenvalue weighted by Gasteiger charge is -2.37. The third-order valence-electron chi connectivity index (χ3n) is 4.38. The second kappa shape index (κ2) is 7.06. The van der Waals surface area contributed by atoms with Gasteiger partial charge in [0.1, 0.15) is 24.3 Å². The lowest BCUT2D eigenvalue weighted by Crippen LogP contribution is -3.21. The average molecular weight is 322 g/mol. The minimum absolute atomic E-state index is 0.0644. The van der Waals surface area contributed by atoms with Gasteiger partial charge >= 0.3 is 0 Å². The molecule has 7 nitrogen and oxygen atoms in total. The summed E-state index contributed by atoms with van der Waals surface area (Å²) in [6.07, 6.45) is 0. The zero-order valence-corrected chi connectivity index (χ0v) is 13.8. The molecule has 0 radical (unpaired) electrons. The second-order valence-electron chi connectivity index (χ2n) is 6.50. The van der Waals surface area contributed by atoms with Crippen molar-refractivity contribution >= 4 is 17.2 Å². The topological polar surface area (TPSA) is 85.9 Å². The molecule has 0 aromatic heterocycles. The molecule has 2 rings (SSSR count). The number of nitrogens with zero attached hydrogens (tertiary/aromatic N) is 1. The molecule has 1 heterocycles. The molecule has 1 saturated heterocycles. The van der Waals surface area contributed by atoms with Gasteiger partial charge in [0, 0.05) is 11.6 Å². The van der Waals surface area contributed by atoms with Crippen molar-refractivity contribution in [3.63, 3.8) is 0 Å². The van der Waals surface area contributed by atoms with E-state index in [1.165, 1.54) is 17.9 Å². The Bertz CT molecular complexity index is 595. The van der Waals surface area contributed by atoms with Crippen molar-refractivity contribution in [1.82, 2.24) is 0 Å². The summed E-state index contributed by atoms with van der Waals surface area (Å²) in [5.41, 5.74) is 0.656. The average Bonchev–Trinajstić information content (AvgIpc) is 2.53. The van der Waals surface area contributed by atoms with Crippen molar-refractivity contribution in [3.8, 4) is 0 Å². The summed E-state index contributed by atoms with van der Waals surface area (Å²) in [5.74, 6) is -0.183. The number of Topliss-reactive ketones (excluding diaryl/α,β-unsaturated/α-hetero) is 1. The summed E-state index contributed by atoms with van der Waals surface area (Å²) < 4.78 is 5.38. The second-order valence-corrected chi connectivity index (χ2v) is 6.50. The van der Waals surface area contributed by atoms with Gasteiger partial charge in [-0.15, -0.1) is 0 Å². The molecule has 1 aliphatic rings. The number of quaternary nitrogens is 1. The molecule has 0 spiro atoms. The first-order chi connectivity index (χ1) is 10.8. The summed E-state index contributed by atoms with van der Waals surface area (Å²) in [7, 11) is 0. The maximum atomic E-state index is 11.4. The van der Waals surface area contributed by atoms with Crippen LogP contribution < -0.4 is 10.2 Å². The Balaban J connectivity index is 2.12. The molecule has 0 saturated carbocycles. The molecule has 23 heavy (non-hydrogen) atoms. The van der Waals surface area contributed by atoms with Crippen LogP contribution in [0.3, 0.4) is 0 Å². The first kappa shape index (κ1) is 17.4. The van der Waals surface area contributed by atoms with E-state index < -0.39 is 4.92 Å². The van der Waals surface area contributed by atoms with E-state index >= 15 is 0 Å². The zero-order valence-electron chi connectivity index (χ0n) is 13.8. The smallest absolute Gasteiger partial charge is 0.293 e. The molecular weight excluding hydrogens is 298 g/mol. The predicted molar refractivity (Wildman–Crippen MR) is 87.2 cm³/mol. The minimum atomic E-state index is -0.455. The summed E-state index contributed by atoms with van der Waals surface area (Å²) in [5, 5.41) is 14.4. The zero-order chi connectivity index (χ0) is 17.0. The quantitative estimate of drug-likeness (QED) is 0.462. The highest BCUT2D eigenvalue weighted by Gasteiger charge is 2.32. The van der Waals surface area contributed by atoms with Crippen LogP contribution in [0.5, 0.6) is 0 Å². The number of benzene rings is 1. The normalized spacial score (nSPS) is 16.1. The number of ketones is 1. The monoisotopic (exact) mass is 322 g/mol. The van der Waals surface area contributed by atoms with Crippen LogP contribution in [-0.4, -0.2) is 49.1 Å². The summed E-state index contributed by atoms with van der Waals surface area (Å²) >= 11 is 0.